The second-order valence-corrected chi connectivity index (χ2v) is 9.56. The van der Waals surface area contributed by atoms with Gasteiger partial charge in [-0.1, -0.05) is 22.0 Å². The molecule has 0 unspecified atom stereocenters. The summed E-state index contributed by atoms with van der Waals surface area (Å²) in [6.45, 7) is -2.51. The highest BCUT2D eigenvalue weighted by Crippen LogP contribution is 2.54. The monoisotopic (exact) mass is 690 g/mol. The Kier molecular flexibility index (Phi) is 9.68. The van der Waals surface area contributed by atoms with Crippen molar-refractivity contribution in [1.82, 2.24) is 0 Å². The average Bonchev–Trinajstić information content (AvgIpc) is 2.89. The molecule has 2 aromatic carbocycles. The first kappa shape index (κ1) is 33.6. The minimum atomic E-state index is -6.58. The van der Waals surface area contributed by atoms with Crippen LogP contribution in [0.2, 0.25) is 0 Å². The number of hydrogen-bond acceptors (Lipinski definition) is 4. The second-order valence-electron chi connectivity index (χ2n) is 8.70. The maximum atomic E-state index is 15.6. The lowest BCUT2D eigenvalue weighted by atomic mass is 9.91. The molecule has 17 heteroatoms. The summed E-state index contributed by atoms with van der Waals surface area (Å²) in [5.74, 6) is -4.69. The number of ether oxygens (including phenoxy) is 1. The Bertz CT molecular complexity index is 1500. The molecule has 0 bridgehead atoms. The van der Waals surface area contributed by atoms with E-state index in [9.17, 15) is 54.3 Å². The first-order valence-electron chi connectivity index (χ1n) is 11.8. The summed E-state index contributed by atoms with van der Waals surface area (Å²) in [5, 5.41) is 11.3. The van der Waals surface area contributed by atoms with E-state index in [2.05, 4.69) is 20.7 Å². The van der Waals surface area contributed by atoms with Crippen LogP contribution in [0, 0.1) is 11.0 Å². The molecule has 3 rings (SSSR count). The van der Waals surface area contributed by atoms with Gasteiger partial charge in [-0.25, -0.2) is 8.78 Å². The van der Waals surface area contributed by atoms with Crippen LogP contribution >= 0.6 is 15.9 Å². The summed E-state index contributed by atoms with van der Waals surface area (Å²) >= 11 is 2.58. The fourth-order valence-electron chi connectivity index (χ4n) is 4.00. The maximum absolute atomic E-state index is 15.6. The van der Waals surface area contributed by atoms with E-state index in [1.807, 2.05) is 0 Å². The van der Waals surface area contributed by atoms with Crippen molar-refractivity contribution in [2.24, 2.45) is 0 Å². The Balaban J connectivity index is 2.07. The van der Waals surface area contributed by atoms with Gasteiger partial charge in [-0.15, -0.1) is 0 Å². The van der Waals surface area contributed by atoms with E-state index in [-0.39, 0.29) is 24.2 Å². The molecule has 0 spiro atoms. The van der Waals surface area contributed by atoms with Gasteiger partial charge in [0.05, 0.1) is 16.8 Å². The molecule has 0 aliphatic heterocycles. The standard InChI is InChI=1S/C26H17BrF10N2O4/c1-2-39(22(41)13-6-8-38(42)9-7-13)18-5-3-4-15(21(18)28)19(40)12-16-17(27)10-14(11-20(16)43-23(29)30)24(31,25(32,33)34)26(35,36)37/h3-11,23H,2,12H2,1H3. The molecule has 43 heavy (non-hydrogen) atoms. The Morgan fingerprint density at radius 2 is 1.58 bits per heavy atom. The Morgan fingerprint density at radius 3 is 2.09 bits per heavy atom. The van der Waals surface area contributed by atoms with E-state index in [1.54, 1.807) is 0 Å². The fraction of sp³-hybridized carbons (Fsp3) is 0.269. The number of anilines is 1. The predicted molar refractivity (Wildman–Crippen MR) is 133 cm³/mol. The van der Waals surface area contributed by atoms with Crippen LogP contribution in [0.25, 0.3) is 0 Å². The molecule has 232 valence electrons. The molecule has 6 nitrogen and oxygen atoms in total. The number of halogens is 11. The van der Waals surface area contributed by atoms with Crippen LogP contribution in [-0.2, 0) is 12.1 Å². The number of benzene rings is 2. The number of ketones is 1. The molecule has 0 fully saturated rings. The molecule has 0 N–H and O–H groups in total. The molecule has 0 saturated carbocycles. The maximum Gasteiger partial charge on any atom is 0.435 e. The number of carbonyl (C=O) groups excluding carboxylic acids is 2. The first-order chi connectivity index (χ1) is 19.8. The van der Waals surface area contributed by atoms with E-state index < -0.39 is 81.2 Å². The molecule has 0 atom stereocenters. The fourth-order valence-corrected chi connectivity index (χ4v) is 4.59. The highest BCUT2D eigenvalue weighted by atomic mass is 79.9. The van der Waals surface area contributed by atoms with Gasteiger partial charge in [0.25, 0.3) is 5.91 Å². The minimum Gasteiger partial charge on any atom is -0.619 e. The second kappa shape index (κ2) is 12.4. The zero-order chi connectivity index (χ0) is 32.5. The average molecular weight is 691 g/mol. The van der Waals surface area contributed by atoms with E-state index in [1.165, 1.54) is 6.92 Å². The van der Waals surface area contributed by atoms with Gasteiger partial charge in [-0.05, 0) is 31.2 Å². The largest absolute Gasteiger partial charge is 0.619 e. The summed E-state index contributed by atoms with van der Waals surface area (Å²) in [4.78, 5) is 26.9. The topological polar surface area (TPSA) is 73.5 Å². The predicted octanol–water partition coefficient (Wildman–Crippen LogP) is 7.20. The molecular formula is C26H17BrF10N2O4. The summed E-state index contributed by atoms with van der Waals surface area (Å²) < 4.78 is 140. The first-order valence-corrected chi connectivity index (χ1v) is 12.5. The smallest absolute Gasteiger partial charge is 0.435 e. The van der Waals surface area contributed by atoms with Gasteiger partial charge >= 0.3 is 24.6 Å². The van der Waals surface area contributed by atoms with Gasteiger partial charge in [-0.2, -0.15) is 39.9 Å². The van der Waals surface area contributed by atoms with Crippen molar-refractivity contribution in [2.75, 3.05) is 11.4 Å². The molecule has 1 aromatic heterocycles. The summed E-state index contributed by atoms with van der Waals surface area (Å²) in [6, 6.07) is 5.24. The third kappa shape index (κ3) is 6.70. The van der Waals surface area contributed by atoms with Gasteiger partial charge in [-0.3, -0.25) is 9.59 Å². The van der Waals surface area contributed by atoms with Crippen LogP contribution < -0.4 is 14.4 Å². The van der Waals surface area contributed by atoms with Crippen molar-refractivity contribution in [1.29, 1.82) is 0 Å². The number of Topliss-reactive ketones (excluding diaryl/α,β-unsaturated/α-hetero) is 1. The lowest BCUT2D eigenvalue weighted by molar-refractivity contribution is -0.605. The number of hydrogen-bond donors (Lipinski definition) is 0. The van der Waals surface area contributed by atoms with Crippen molar-refractivity contribution in [3.63, 3.8) is 0 Å². The molecular weight excluding hydrogens is 674 g/mol. The van der Waals surface area contributed by atoms with Gasteiger partial charge in [0.15, 0.2) is 24.0 Å². The third-order valence-electron chi connectivity index (χ3n) is 6.07. The van der Waals surface area contributed by atoms with Crippen molar-refractivity contribution in [3.8, 4) is 5.75 Å². The number of alkyl halides is 9. The van der Waals surface area contributed by atoms with E-state index >= 15 is 4.39 Å². The normalized spacial score (nSPS) is 12.4. The van der Waals surface area contributed by atoms with Crippen molar-refractivity contribution in [3.05, 3.63) is 92.6 Å². The van der Waals surface area contributed by atoms with Gasteiger partial charge in [0, 0.05) is 40.7 Å². The van der Waals surface area contributed by atoms with E-state index in [4.69, 9.17) is 0 Å². The summed E-state index contributed by atoms with van der Waals surface area (Å²) in [7, 11) is 0. The number of aromatic nitrogens is 1. The lowest BCUT2D eigenvalue weighted by Gasteiger charge is -2.31. The minimum absolute atomic E-state index is 0.00233. The number of rotatable bonds is 9. The summed E-state index contributed by atoms with van der Waals surface area (Å²) in [5.41, 5.74) is -10.1. The highest BCUT2D eigenvalue weighted by molar-refractivity contribution is 9.10. The highest BCUT2D eigenvalue weighted by Gasteiger charge is 2.73. The van der Waals surface area contributed by atoms with Crippen molar-refractivity contribution in [2.45, 2.75) is 38.0 Å². The Hall–Kier alpha value is -3.89. The van der Waals surface area contributed by atoms with Crippen LogP contribution in [0.3, 0.4) is 0 Å². The van der Waals surface area contributed by atoms with Gasteiger partial charge in [0.1, 0.15) is 5.75 Å². The molecule has 0 aliphatic carbocycles. The van der Waals surface area contributed by atoms with Crippen molar-refractivity contribution < 1.29 is 63.0 Å². The zero-order valence-electron chi connectivity index (χ0n) is 21.4. The molecule has 1 heterocycles. The Labute approximate surface area is 244 Å². The molecule has 0 saturated heterocycles. The van der Waals surface area contributed by atoms with Crippen LogP contribution in [-0.4, -0.2) is 37.2 Å². The SMILES string of the molecule is CCN(C(=O)c1cc[n+]([O-])cc1)c1cccc(C(=O)Cc2c(Br)cc(C(F)(C(F)(F)F)C(F)(F)F)cc2OC(F)F)c1F. The van der Waals surface area contributed by atoms with Crippen molar-refractivity contribution >= 4 is 33.3 Å². The van der Waals surface area contributed by atoms with Gasteiger partial charge in [0.2, 0.25) is 0 Å². The quantitative estimate of drug-likeness (QED) is 0.103. The number of amides is 1. The van der Waals surface area contributed by atoms with E-state index in [0.29, 0.717) is 4.73 Å². The summed E-state index contributed by atoms with van der Waals surface area (Å²) in [6.07, 6.45) is -12.3. The number of nitrogens with zero attached hydrogens (tertiary/aromatic N) is 2. The third-order valence-corrected chi connectivity index (χ3v) is 6.77. The van der Waals surface area contributed by atoms with Crippen LogP contribution in [0.15, 0.2) is 59.3 Å². The van der Waals surface area contributed by atoms with E-state index in [0.717, 1.165) is 47.6 Å². The molecule has 3 aromatic rings. The molecule has 0 radical (unpaired) electrons. The zero-order valence-corrected chi connectivity index (χ0v) is 23.0. The Morgan fingerprint density at radius 1 is 1.00 bits per heavy atom. The number of carbonyl (C=O) groups is 2. The van der Waals surface area contributed by atoms with Gasteiger partial charge < -0.3 is 14.8 Å². The molecule has 0 aliphatic rings. The van der Waals surface area contributed by atoms with Crippen LogP contribution in [0.4, 0.5) is 49.6 Å². The molecule has 1 amide bonds. The lowest BCUT2D eigenvalue weighted by Crippen LogP contribution is -2.50. The van der Waals surface area contributed by atoms with Crippen LogP contribution in [0.1, 0.15) is 38.8 Å². The van der Waals surface area contributed by atoms with Crippen LogP contribution in [0.5, 0.6) is 5.75 Å². The number of pyridine rings is 1.